The highest BCUT2D eigenvalue weighted by Gasteiger charge is 2.37. The highest BCUT2D eigenvalue weighted by molar-refractivity contribution is 5.92. The Labute approximate surface area is 201 Å². The zero-order valence-electron chi connectivity index (χ0n) is 19.9. The number of nitrogens with zero attached hydrogens (tertiary/aromatic N) is 2. The van der Waals surface area contributed by atoms with Crippen molar-refractivity contribution in [1.29, 1.82) is 0 Å². The molecule has 0 N–H and O–H groups in total. The second kappa shape index (κ2) is 7.50. The lowest BCUT2D eigenvalue weighted by atomic mass is 9.81. The number of allylic oxidation sites excluding steroid dienone is 2. The maximum Gasteiger partial charge on any atom is 0.0485 e. The molecule has 0 saturated heterocycles. The van der Waals surface area contributed by atoms with Crippen molar-refractivity contribution < 1.29 is 0 Å². The van der Waals surface area contributed by atoms with E-state index in [1.54, 1.807) is 0 Å². The van der Waals surface area contributed by atoms with Gasteiger partial charge in [0.2, 0.25) is 0 Å². The zero-order valence-corrected chi connectivity index (χ0v) is 19.9. The van der Waals surface area contributed by atoms with Gasteiger partial charge in [0.05, 0.1) is 0 Å². The van der Waals surface area contributed by atoms with Crippen molar-refractivity contribution in [3.8, 4) is 0 Å². The van der Waals surface area contributed by atoms with Gasteiger partial charge >= 0.3 is 0 Å². The maximum atomic E-state index is 2.57. The third kappa shape index (κ3) is 2.88. The van der Waals surface area contributed by atoms with Crippen molar-refractivity contribution in [2.75, 3.05) is 11.9 Å². The number of rotatable bonds is 2. The average molecular weight is 443 g/mol. The number of para-hydroxylation sites is 1. The van der Waals surface area contributed by atoms with Gasteiger partial charge in [-0.3, -0.25) is 0 Å². The van der Waals surface area contributed by atoms with E-state index in [9.17, 15) is 0 Å². The SMILES string of the molecule is CN1c2ccccc2C2C=C(c3ccc4c(c3)c3c(n4C)C=CC(c4ccccc4)C3)CCC21. The van der Waals surface area contributed by atoms with Crippen LogP contribution in [-0.2, 0) is 13.5 Å². The number of likely N-dealkylation sites (N-methyl/N-ethyl adjacent to an activating group) is 1. The summed E-state index contributed by atoms with van der Waals surface area (Å²) in [5.41, 5.74) is 11.4. The van der Waals surface area contributed by atoms with Crippen LogP contribution in [0, 0.1) is 0 Å². The number of hydrogen-bond donors (Lipinski definition) is 0. The number of fused-ring (bicyclic) bond motifs is 6. The molecule has 3 aromatic carbocycles. The van der Waals surface area contributed by atoms with Crippen molar-refractivity contribution in [2.45, 2.75) is 37.1 Å². The van der Waals surface area contributed by atoms with Crippen LogP contribution in [0.2, 0.25) is 0 Å². The fourth-order valence-electron chi connectivity index (χ4n) is 6.73. The van der Waals surface area contributed by atoms with Crippen molar-refractivity contribution in [3.05, 3.63) is 113 Å². The first-order valence-corrected chi connectivity index (χ1v) is 12.6. The second-order valence-electron chi connectivity index (χ2n) is 10.2. The molecule has 0 bridgehead atoms. The van der Waals surface area contributed by atoms with Gasteiger partial charge in [0, 0.05) is 54.3 Å². The molecule has 168 valence electrons. The van der Waals surface area contributed by atoms with Crippen LogP contribution >= 0.6 is 0 Å². The van der Waals surface area contributed by atoms with Gasteiger partial charge in [-0.15, -0.1) is 0 Å². The maximum absolute atomic E-state index is 2.57. The predicted octanol–water partition coefficient (Wildman–Crippen LogP) is 7.31. The van der Waals surface area contributed by atoms with Crippen LogP contribution in [0.3, 0.4) is 0 Å². The lowest BCUT2D eigenvalue weighted by molar-refractivity contribution is 0.558. The molecule has 4 aromatic rings. The molecule has 0 amide bonds. The predicted molar refractivity (Wildman–Crippen MR) is 143 cm³/mol. The van der Waals surface area contributed by atoms with E-state index in [2.05, 4.69) is 115 Å². The summed E-state index contributed by atoms with van der Waals surface area (Å²) in [5.74, 6) is 0.943. The van der Waals surface area contributed by atoms with E-state index in [0.717, 1.165) is 12.8 Å². The Morgan fingerprint density at radius 1 is 0.882 bits per heavy atom. The minimum absolute atomic E-state index is 0.447. The first kappa shape index (κ1) is 19.9. The van der Waals surface area contributed by atoms with Gasteiger partial charge in [0.1, 0.15) is 0 Å². The number of anilines is 1. The molecule has 2 nitrogen and oxygen atoms in total. The second-order valence-corrected chi connectivity index (χ2v) is 10.2. The molecule has 7 rings (SSSR count). The minimum Gasteiger partial charge on any atom is -0.370 e. The molecular weight excluding hydrogens is 412 g/mol. The highest BCUT2D eigenvalue weighted by Crippen LogP contribution is 2.47. The summed E-state index contributed by atoms with van der Waals surface area (Å²) in [6.07, 6.45) is 10.7. The van der Waals surface area contributed by atoms with E-state index >= 15 is 0 Å². The first-order valence-electron chi connectivity index (χ1n) is 12.6. The molecule has 2 heteroatoms. The Kier molecular flexibility index (Phi) is 4.39. The van der Waals surface area contributed by atoms with Crippen molar-refractivity contribution in [2.24, 2.45) is 7.05 Å². The Morgan fingerprint density at radius 2 is 1.71 bits per heavy atom. The van der Waals surface area contributed by atoms with E-state index in [1.165, 1.54) is 56.5 Å². The quantitative estimate of drug-likeness (QED) is 0.316. The van der Waals surface area contributed by atoms with Gasteiger partial charge in [-0.2, -0.15) is 0 Å². The monoisotopic (exact) mass is 442 g/mol. The lowest BCUT2D eigenvalue weighted by Gasteiger charge is -2.30. The zero-order chi connectivity index (χ0) is 22.8. The Morgan fingerprint density at radius 3 is 2.59 bits per heavy atom. The molecule has 0 fully saturated rings. The molecule has 34 heavy (non-hydrogen) atoms. The average Bonchev–Trinajstić information content (AvgIpc) is 3.35. The Balaban J connectivity index is 1.29. The summed E-state index contributed by atoms with van der Waals surface area (Å²) in [7, 11) is 4.48. The molecule has 3 atom stereocenters. The molecule has 3 aliphatic rings. The van der Waals surface area contributed by atoms with Crippen LogP contribution in [0.1, 0.15) is 52.6 Å². The third-order valence-corrected chi connectivity index (χ3v) is 8.54. The van der Waals surface area contributed by atoms with Crippen LogP contribution < -0.4 is 4.90 Å². The van der Waals surface area contributed by atoms with Gasteiger partial charge in [0.25, 0.3) is 0 Å². The molecule has 0 spiro atoms. The van der Waals surface area contributed by atoms with Gasteiger partial charge in [-0.25, -0.2) is 0 Å². The third-order valence-electron chi connectivity index (χ3n) is 8.54. The van der Waals surface area contributed by atoms with E-state index in [4.69, 9.17) is 0 Å². The molecule has 1 aliphatic heterocycles. The smallest absolute Gasteiger partial charge is 0.0485 e. The van der Waals surface area contributed by atoms with Crippen molar-refractivity contribution in [1.82, 2.24) is 4.57 Å². The fraction of sp³-hybridized carbons (Fsp3) is 0.250. The van der Waals surface area contributed by atoms with Gasteiger partial charge in [-0.05, 0) is 71.4 Å². The molecule has 3 unspecified atom stereocenters. The number of aromatic nitrogens is 1. The molecule has 0 saturated carbocycles. The summed E-state index contributed by atoms with van der Waals surface area (Å²) in [5, 5.41) is 1.42. The molecule has 0 radical (unpaired) electrons. The van der Waals surface area contributed by atoms with E-state index < -0.39 is 0 Å². The molecule has 2 heterocycles. The van der Waals surface area contributed by atoms with Crippen molar-refractivity contribution >= 4 is 28.2 Å². The minimum atomic E-state index is 0.447. The van der Waals surface area contributed by atoms with Crippen LogP contribution in [0.15, 0.2) is 84.9 Å². The molecule has 2 aliphatic carbocycles. The van der Waals surface area contributed by atoms with Gasteiger partial charge in [-0.1, -0.05) is 66.7 Å². The summed E-state index contributed by atoms with van der Waals surface area (Å²) in [6, 6.07) is 27.7. The van der Waals surface area contributed by atoms with Crippen LogP contribution in [0.5, 0.6) is 0 Å². The summed E-state index contributed by atoms with van der Waals surface area (Å²) in [4.78, 5) is 2.50. The number of hydrogen-bond acceptors (Lipinski definition) is 1. The standard InChI is InChI=1S/C32H30N2/c1-33-29-11-7-6-10-25(29)26-19-23(13-16-30(26)33)24-14-17-32-28(20-24)27-18-22(12-15-31(27)34(32)2)21-8-4-3-5-9-21/h3-12,14-15,17,19-20,22,26,30H,13,16,18H2,1-2H3. The first-order chi connectivity index (χ1) is 16.7. The largest absolute Gasteiger partial charge is 0.370 e. The van der Waals surface area contributed by atoms with Gasteiger partial charge < -0.3 is 9.47 Å². The molecular formula is C32H30N2. The Hall–Kier alpha value is -3.52. The number of aryl methyl sites for hydroxylation is 1. The fourth-order valence-corrected chi connectivity index (χ4v) is 6.73. The summed E-state index contributed by atoms with van der Waals surface area (Å²) in [6.45, 7) is 0. The molecule has 1 aromatic heterocycles. The topological polar surface area (TPSA) is 8.17 Å². The van der Waals surface area contributed by atoms with E-state index in [1.807, 2.05) is 0 Å². The van der Waals surface area contributed by atoms with Crippen LogP contribution in [0.25, 0.3) is 22.6 Å². The lowest BCUT2D eigenvalue weighted by Crippen LogP contribution is -2.31. The highest BCUT2D eigenvalue weighted by atomic mass is 15.2. The van der Waals surface area contributed by atoms with Gasteiger partial charge in [0.15, 0.2) is 0 Å². The summed E-state index contributed by atoms with van der Waals surface area (Å²) < 4.78 is 2.37. The summed E-state index contributed by atoms with van der Waals surface area (Å²) >= 11 is 0. The number of benzene rings is 3. The van der Waals surface area contributed by atoms with Crippen molar-refractivity contribution in [3.63, 3.8) is 0 Å². The van der Waals surface area contributed by atoms with Crippen LogP contribution in [0.4, 0.5) is 5.69 Å². The Bertz CT molecular complexity index is 1470. The van der Waals surface area contributed by atoms with E-state index in [0.29, 0.717) is 17.9 Å². The van der Waals surface area contributed by atoms with Crippen LogP contribution in [-0.4, -0.2) is 17.7 Å². The van der Waals surface area contributed by atoms with E-state index in [-0.39, 0.29) is 0 Å². The normalized spacial score (nSPS) is 22.9.